The van der Waals surface area contributed by atoms with Gasteiger partial charge in [0.25, 0.3) is 10.0 Å². The minimum absolute atomic E-state index is 0.0301. The SMILES string of the molecule is Cc1ccc(NS(=O)(=O)c2ccc(C(N)=S)nc2)c(C)n1. The van der Waals surface area contributed by atoms with E-state index in [0.29, 0.717) is 17.1 Å². The third-order valence-corrected chi connectivity index (χ3v) is 4.33. The molecule has 21 heavy (non-hydrogen) atoms. The molecule has 0 saturated carbocycles. The van der Waals surface area contributed by atoms with E-state index >= 15 is 0 Å². The zero-order valence-corrected chi connectivity index (χ0v) is 13.1. The predicted octanol–water partition coefficient (Wildman–Crippen LogP) is 1.53. The molecule has 8 heteroatoms. The maximum absolute atomic E-state index is 12.3. The Hall–Kier alpha value is -2.06. The first kappa shape index (κ1) is 15.3. The van der Waals surface area contributed by atoms with Crippen molar-refractivity contribution < 1.29 is 8.42 Å². The number of nitrogens with two attached hydrogens (primary N) is 1. The van der Waals surface area contributed by atoms with Crippen LogP contribution in [0.25, 0.3) is 0 Å². The summed E-state index contributed by atoms with van der Waals surface area (Å²) in [6, 6.07) is 6.28. The Kier molecular flexibility index (Phi) is 4.19. The second-order valence-corrected chi connectivity index (χ2v) is 6.56. The molecule has 0 aliphatic carbocycles. The van der Waals surface area contributed by atoms with Crippen molar-refractivity contribution in [3.8, 4) is 0 Å². The highest BCUT2D eigenvalue weighted by Gasteiger charge is 2.16. The maximum Gasteiger partial charge on any atom is 0.263 e. The number of aryl methyl sites for hydroxylation is 2. The van der Waals surface area contributed by atoms with Crippen LogP contribution in [-0.2, 0) is 10.0 Å². The molecule has 6 nitrogen and oxygen atoms in total. The van der Waals surface area contributed by atoms with Crippen molar-refractivity contribution >= 4 is 32.9 Å². The summed E-state index contributed by atoms with van der Waals surface area (Å²) in [7, 11) is -3.73. The Balaban J connectivity index is 2.31. The molecular weight excluding hydrogens is 308 g/mol. The summed E-state index contributed by atoms with van der Waals surface area (Å²) >= 11 is 4.77. The number of hydrogen-bond acceptors (Lipinski definition) is 5. The molecule has 2 aromatic rings. The standard InChI is InChI=1S/C13H14N4O2S2/c1-8-3-5-11(9(2)16-8)17-21(18,19)10-4-6-12(13(14)20)15-7-10/h3-7,17H,1-2H3,(H2,14,20). The number of rotatable bonds is 4. The van der Waals surface area contributed by atoms with Crippen LogP contribution in [0.5, 0.6) is 0 Å². The van der Waals surface area contributed by atoms with Crippen molar-refractivity contribution in [3.05, 3.63) is 47.5 Å². The number of thiocarbonyl (C=S) groups is 1. The maximum atomic E-state index is 12.3. The first-order valence-corrected chi connectivity index (χ1v) is 7.91. The summed E-state index contributed by atoms with van der Waals surface area (Å²) in [5.74, 6) is 0. The molecule has 2 rings (SSSR count). The third kappa shape index (κ3) is 3.53. The average molecular weight is 322 g/mol. The smallest absolute Gasteiger partial charge is 0.263 e. The predicted molar refractivity (Wildman–Crippen MR) is 84.6 cm³/mol. The largest absolute Gasteiger partial charge is 0.388 e. The molecule has 0 spiro atoms. The molecule has 0 aliphatic rings. The van der Waals surface area contributed by atoms with Crippen molar-refractivity contribution in [2.75, 3.05) is 4.72 Å². The molecular formula is C13H14N4O2S2. The molecule has 0 amide bonds. The summed E-state index contributed by atoms with van der Waals surface area (Å²) in [6.07, 6.45) is 1.22. The van der Waals surface area contributed by atoms with E-state index in [9.17, 15) is 8.42 Å². The molecule has 0 unspecified atom stereocenters. The lowest BCUT2D eigenvalue weighted by Gasteiger charge is -2.10. The summed E-state index contributed by atoms with van der Waals surface area (Å²) in [5.41, 5.74) is 7.65. The van der Waals surface area contributed by atoms with E-state index in [1.54, 1.807) is 19.1 Å². The molecule has 0 aliphatic heterocycles. The summed E-state index contributed by atoms with van der Waals surface area (Å²) < 4.78 is 27.0. The first-order valence-electron chi connectivity index (χ1n) is 6.02. The lowest BCUT2D eigenvalue weighted by atomic mass is 10.3. The minimum Gasteiger partial charge on any atom is -0.388 e. The normalized spacial score (nSPS) is 11.1. The zero-order valence-electron chi connectivity index (χ0n) is 11.5. The van der Waals surface area contributed by atoms with Crippen LogP contribution in [0.2, 0.25) is 0 Å². The van der Waals surface area contributed by atoms with E-state index in [4.69, 9.17) is 18.0 Å². The van der Waals surface area contributed by atoms with E-state index < -0.39 is 10.0 Å². The Labute approximate surface area is 128 Å². The first-order chi connectivity index (χ1) is 9.79. The van der Waals surface area contributed by atoms with Crippen LogP contribution in [0.15, 0.2) is 35.4 Å². The van der Waals surface area contributed by atoms with E-state index in [2.05, 4.69) is 14.7 Å². The van der Waals surface area contributed by atoms with Crippen LogP contribution in [0.1, 0.15) is 17.1 Å². The van der Waals surface area contributed by atoms with Crippen molar-refractivity contribution in [1.29, 1.82) is 0 Å². The number of sulfonamides is 1. The quantitative estimate of drug-likeness (QED) is 0.828. The molecule has 0 atom stereocenters. The van der Waals surface area contributed by atoms with Crippen LogP contribution in [0, 0.1) is 13.8 Å². The topological polar surface area (TPSA) is 98.0 Å². The van der Waals surface area contributed by atoms with E-state index in [1.807, 2.05) is 6.92 Å². The van der Waals surface area contributed by atoms with Gasteiger partial charge in [0, 0.05) is 11.9 Å². The lowest BCUT2D eigenvalue weighted by Crippen LogP contribution is -2.16. The van der Waals surface area contributed by atoms with Crippen molar-refractivity contribution in [2.24, 2.45) is 5.73 Å². The number of hydrogen-bond donors (Lipinski definition) is 2. The van der Waals surface area contributed by atoms with E-state index in [-0.39, 0.29) is 9.88 Å². The highest BCUT2D eigenvalue weighted by molar-refractivity contribution is 7.92. The summed E-state index contributed by atoms with van der Waals surface area (Å²) in [6.45, 7) is 3.57. The molecule has 0 saturated heterocycles. The molecule has 0 bridgehead atoms. The van der Waals surface area contributed by atoms with Gasteiger partial charge in [-0.2, -0.15) is 0 Å². The molecule has 3 N–H and O–H groups in total. The van der Waals surface area contributed by atoms with Gasteiger partial charge in [-0.1, -0.05) is 12.2 Å². The highest BCUT2D eigenvalue weighted by Crippen LogP contribution is 2.18. The number of anilines is 1. The van der Waals surface area contributed by atoms with Gasteiger partial charge in [-0.25, -0.2) is 8.42 Å². The fraction of sp³-hybridized carbons (Fsp3) is 0.154. The van der Waals surface area contributed by atoms with Gasteiger partial charge in [0.15, 0.2) is 0 Å². The van der Waals surface area contributed by atoms with Gasteiger partial charge in [-0.05, 0) is 38.1 Å². The molecule has 2 aromatic heterocycles. The van der Waals surface area contributed by atoms with E-state index in [1.165, 1.54) is 18.3 Å². The van der Waals surface area contributed by atoms with Crippen molar-refractivity contribution in [1.82, 2.24) is 9.97 Å². The van der Waals surface area contributed by atoms with Crippen LogP contribution in [-0.4, -0.2) is 23.4 Å². The monoisotopic (exact) mass is 322 g/mol. The van der Waals surface area contributed by atoms with Crippen LogP contribution < -0.4 is 10.5 Å². The van der Waals surface area contributed by atoms with Gasteiger partial charge >= 0.3 is 0 Å². The number of aromatic nitrogens is 2. The Morgan fingerprint density at radius 2 is 1.95 bits per heavy atom. The van der Waals surface area contributed by atoms with Gasteiger partial charge in [0.2, 0.25) is 0 Å². The summed E-state index contributed by atoms with van der Waals surface area (Å²) in [5, 5.41) is 0. The highest BCUT2D eigenvalue weighted by atomic mass is 32.2. The lowest BCUT2D eigenvalue weighted by molar-refractivity contribution is 0.600. The molecule has 0 radical (unpaired) electrons. The number of nitrogens with zero attached hydrogens (tertiary/aromatic N) is 2. The zero-order chi connectivity index (χ0) is 15.6. The number of nitrogens with one attached hydrogen (secondary N) is 1. The molecule has 0 fully saturated rings. The number of pyridine rings is 2. The van der Waals surface area contributed by atoms with Crippen LogP contribution >= 0.6 is 12.2 Å². The summed E-state index contributed by atoms with van der Waals surface area (Å²) in [4.78, 5) is 8.28. The van der Waals surface area contributed by atoms with Crippen molar-refractivity contribution in [2.45, 2.75) is 18.7 Å². The average Bonchev–Trinajstić information content (AvgIpc) is 2.42. The third-order valence-electron chi connectivity index (χ3n) is 2.77. The van der Waals surface area contributed by atoms with Crippen LogP contribution in [0.4, 0.5) is 5.69 Å². The fourth-order valence-electron chi connectivity index (χ4n) is 1.68. The fourth-order valence-corrected chi connectivity index (χ4v) is 2.87. The van der Waals surface area contributed by atoms with Gasteiger partial charge in [-0.3, -0.25) is 14.7 Å². The van der Waals surface area contributed by atoms with Gasteiger partial charge < -0.3 is 5.73 Å². The Morgan fingerprint density at radius 1 is 1.24 bits per heavy atom. The van der Waals surface area contributed by atoms with Gasteiger partial charge in [-0.15, -0.1) is 0 Å². The molecule has 110 valence electrons. The second kappa shape index (κ2) is 5.74. The van der Waals surface area contributed by atoms with Crippen LogP contribution in [0.3, 0.4) is 0 Å². The Morgan fingerprint density at radius 3 is 2.48 bits per heavy atom. The van der Waals surface area contributed by atoms with Gasteiger partial charge in [0.1, 0.15) is 9.88 Å². The van der Waals surface area contributed by atoms with E-state index in [0.717, 1.165) is 5.69 Å². The molecule has 0 aromatic carbocycles. The van der Waals surface area contributed by atoms with Crippen molar-refractivity contribution in [3.63, 3.8) is 0 Å². The Bertz CT molecular complexity index is 786. The minimum atomic E-state index is -3.73. The van der Waals surface area contributed by atoms with Gasteiger partial charge in [0.05, 0.1) is 17.1 Å². The molecule has 2 heterocycles. The second-order valence-electron chi connectivity index (χ2n) is 4.43.